The van der Waals surface area contributed by atoms with E-state index in [1.165, 1.54) is 63.6 Å². The molecule has 1 aromatic carbocycles. The SMILES string of the molecule is CCC(c1ccc(O)cc1)N1CCC2(CCCCC2)CC1. The summed E-state index contributed by atoms with van der Waals surface area (Å²) in [5.41, 5.74) is 2.04. The van der Waals surface area contributed by atoms with Crippen LogP contribution in [0.5, 0.6) is 5.75 Å². The molecule has 1 unspecified atom stereocenters. The summed E-state index contributed by atoms with van der Waals surface area (Å²) in [4.78, 5) is 2.67. The Labute approximate surface area is 129 Å². The molecule has 0 bridgehead atoms. The number of hydrogen-bond acceptors (Lipinski definition) is 2. The van der Waals surface area contributed by atoms with Gasteiger partial charge in [0.1, 0.15) is 5.75 Å². The van der Waals surface area contributed by atoms with E-state index in [1.807, 2.05) is 12.1 Å². The fraction of sp³-hybridized carbons (Fsp3) is 0.684. The molecule has 1 heterocycles. The Morgan fingerprint density at radius 2 is 1.62 bits per heavy atom. The molecular formula is C19H29NO. The van der Waals surface area contributed by atoms with Gasteiger partial charge in [-0.05, 0) is 68.3 Å². The monoisotopic (exact) mass is 287 g/mol. The summed E-state index contributed by atoms with van der Waals surface area (Å²) in [6, 6.07) is 8.35. The van der Waals surface area contributed by atoms with Crippen molar-refractivity contribution in [3.05, 3.63) is 29.8 Å². The van der Waals surface area contributed by atoms with Crippen molar-refractivity contribution in [3.63, 3.8) is 0 Å². The second-order valence-electron chi connectivity index (χ2n) is 7.11. The van der Waals surface area contributed by atoms with E-state index < -0.39 is 0 Å². The van der Waals surface area contributed by atoms with Crippen molar-refractivity contribution in [3.8, 4) is 5.75 Å². The third-order valence-electron chi connectivity index (χ3n) is 5.88. The van der Waals surface area contributed by atoms with Crippen molar-refractivity contribution in [1.82, 2.24) is 4.90 Å². The molecule has 2 nitrogen and oxygen atoms in total. The Balaban J connectivity index is 1.65. The highest BCUT2D eigenvalue weighted by Gasteiger charge is 2.36. The van der Waals surface area contributed by atoms with Crippen molar-refractivity contribution in [2.24, 2.45) is 5.41 Å². The predicted octanol–water partition coefficient (Wildman–Crippen LogP) is 4.89. The van der Waals surface area contributed by atoms with Gasteiger partial charge in [0.05, 0.1) is 0 Å². The van der Waals surface area contributed by atoms with Gasteiger partial charge in [0.15, 0.2) is 0 Å². The highest BCUT2D eigenvalue weighted by molar-refractivity contribution is 5.28. The zero-order valence-corrected chi connectivity index (χ0v) is 13.4. The maximum atomic E-state index is 9.47. The van der Waals surface area contributed by atoms with Crippen molar-refractivity contribution < 1.29 is 5.11 Å². The summed E-state index contributed by atoms with van der Waals surface area (Å²) in [6.45, 7) is 4.78. The quantitative estimate of drug-likeness (QED) is 0.855. The number of phenols is 1. The van der Waals surface area contributed by atoms with E-state index in [2.05, 4.69) is 24.0 Å². The van der Waals surface area contributed by atoms with Crippen molar-refractivity contribution in [2.45, 2.75) is 64.3 Å². The first kappa shape index (κ1) is 14.9. The van der Waals surface area contributed by atoms with E-state index in [-0.39, 0.29) is 0 Å². The molecule has 1 N–H and O–H groups in total. The molecule has 1 saturated heterocycles. The maximum absolute atomic E-state index is 9.47. The molecule has 21 heavy (non-hydrogen) atoms. The maximum Gasteiger partial charge on any atom is 0.115 e. The molecule has 1 spiro atoms. The summed E-state index contributed by atoms with van der Waals surface area (Å²) >= 11 is 0. The Morgan fingerprint density at radius 1 is 1.00 bits per heavy atom. The Kier molecular flexibility index (Phi) is 4.54. The topological polar surface area (TPSA) is 23.5 Å². The lowest BCUT2D eigenvalue weighted by molar-refractivity contribution is 0.0434. The summed E-state index contributed by atoms with van der Waals surface area (Å²) in [6.07, 6.45) is 11.2. The molecule has 0 amide bonds. The van der Waals surface area contributed by atoms with E-state index >= 15 is 0 Å². The molecular weight excluding hydrogens is 258 g/mol. The van der Waals surface area contributed by atoms with Crippen LogP contribution >= 0.6 is 0 Å². The normalized spacial score (nSPS) is 24.0. The van der Waals surface area contributed by atoms with Crippen LogP contribution in [-0.2, 0) is 0 Å². The summed E-state index contributed by atoms with van der Waals surface area (Å²) < 4.78 is 0. The van der Waals surface area contributed by atoms with E-state index in [9.17, 15) is 5.11 Å². The van der Waals surface area contributed by atoms with Gasteiger partial charge in [-0.25, -0.2) is 0 Å². The number of hydrogen-bond donors (Lipinski definition) is 1. The van der Waals surface area contributed by atoms with Crippen LogP contribution in [0.15, 0.2) is 24.3 Å². The van der Waals surface area contributed by atoms with Crippen LogP contribution in [0.25, 0.3) is 0 Å². The van der Waals surface area contributed by atoms with Gasteiger partial charge in [-0.3, -0.25) is 4.90 Å². The number of rotatable bonds is 3. The molecule has 1 aromatic rings. The lowest BCUT2D eigenvalue weighted by atomic mass is 9.68. The molecule has 2 heteroatoms. The third-order valence-corrected chi connectivity index (χ3v) is 5.88. The predicted molar refractivity (Wildman–Crippen MR) is 87.5 cm³/mol. The van der Waals surface area contributed by atoms with Gasteiger partial charge in [-0.2, -0.15) is 0 Å². The number of benzene rings is 1. The van der Waals surface area contributed by atoms with Crippen LogP contribution in [0.1, 0.15) is 69.9 Å². The summed E-state index contributed by atoms with van der Waals surface area (Å²) in [5, 5.41) is 9.47. The number of likely N-dealkylation sites (tertiary alicyclic amines) is 1. The standard InChI is InChI=1S/C19H29NO/c1-2-18(16-6-8-17(21)9-7-16)20-14-12-19(13-15-20)10-4-3-5-11-19/h6-9,18,21H,2-5,10-15H2,1H3. The van der Waals surface area contributed by atoms with Crippen LogP contribution < -0.4 is 0 Å². The van der Waals surface area contributed by atoms with Crippen LogP contribution in [0.2, 0.25) is 0 Å². The smallest absolute Gasteiger partial charge is 0.115 e. The molecule has 0 aromatic heterocycles. The summed E-state index contributed by atoms with van der Waals surface area (Å²) in [5.74, 6) is 0.369. The lowest BCUT2D eigenvalue weighted by Crippen LogP contribution is -2.42. The van der Waals surface area contributed by atoms with Crippen LogP contribution in [-0.4, -0.2) is 23.1 Å². The van der Waals surface area contributed by atoms with Gasteiger partial charge in [0.2, 0.25) is 0 Å². The molecule has 1 aliphatic carbocycles. The number of nitrogens with zero attached hydrogens (tertiary/aromatic N) is 1. The van der Waals surface area contributed by atoms with E-state index in [4.69, 9.17) is 0 Å². The first-order valence-corrected chi connectivity index (χ1v) is 8.75. The molecule has 2 aliphatic rings. The Morgan fingerprint density at radius 3 is 2.19 bits per heavy atom. The van der Waals surface area contributed by atoms with Crippen molar-refractivity contribution in [2.75, 3.05) is 13.1 Å². The average molecular weight is 287 g/mol. The number of aromatic hydroxyl groups is 1. The Hall–Kier alpha value is -1.02. The fourth-order valence-corrected chi connectivity index (χ4v) is 4.51. The van der Waals surface area contributed by atoms with Gasteiger partial charge in [0.25, 0.3) is 0 Å². The van der Waals surface area contributed by atoms with Gasteiger partial charge < -0.3 is 5.11 Å². The largest absolute Gasteiger partial charge is 0.508 e. The summed E-state index contributed by atoms with van der Waals surface area (Å²) in [7, 11) is 0. The van der Waals surface area contributed by atoms with Gasteiger partial charge in [0, 0.05) is 6.04 Å². The molecule has 1 saturated carbocycles. The zero-order chi connectivity index (χ0) is 14.7. The van der Waals surface area contributed by atoms with Crippen molar-refractivity contribution in [1.29, 1.82) is 0 Å². The van der Waals surface area contributed by atoms with E-state index in [0.717, 1.165) is 6.42 Å². The fourth-order valence-electron chi connectivity index (χ4n) is 4.51. The number of phenolic OH excluding ortho intramolecular Hbond substituents is 1. The lowest BCUT2D eigenvalue weighted by Gasteiger charge is -2.46. The highest BCUT2D eigenvalue weighted by atomic mass is 16.3. The average Bonchev–Trinajstić information content (AvgIpc) is 2.53. The van der Waals surface area contributed by atoms with Crippen LogP contribution in [0.3, 0.4) is 0 Å². The first-order valence-electron chi connectivity index (χ1n) is 8.75. The second-order valence-corrected chi connectivity index (χ2v) is 7.11. The van der Waals surface area contributed by atoms with Gasteiger partial charge in [-0.1, -0.05) is 38.3 Å². The van der Waals surface area contributed by atoms with E-state index in [1.54, 1.807) is 0 Å². The Bertz CT molecular complexity index is 437. The third kappa shape index (κ3) is 3.26. The molecule has 116 valence electrons. The minimum atomic E-state index is 0.369. The van der Waals surface area contributed by atoms with Crippen LogP contribution in [0, 0.1) is 5.41 Å². The van der Waals surface area contributed by atoms with Crippen molar-refractivity contribution >= 4 is 0 Å². The van der Waals surface area contributed by atoms with Crippen LogP contribution in [0.4, 0.5) is 0 Å². The molecule has 1 atom stereocenters. The molecule has 1 aliphatic heterocycles. The molecule has 0 radical (unpaired) electrons. The van der Waals surface area contributed by atoms with Gasteiger partial charge >= 0.3 is 0 Å². The highest BCUT2D eigenvalue weighted by Crippen LogP contribution is 2.45. The second kappa shape index (κ2) is 6.39. The van der Waals surface area contributed by atoms with E-state index in [0.29, 0.717) is 17.2 Å². The first-order chi connectivity index (χ1) is 10.2. The minimum absolute atomic E-state index is 0.369. The minimum Gasteiger partial charge on any atom is -0.508 e. The molecule has 3 rings (SSSR count). The molecule has 2 fully saturated rings. The van der Waals surface area contributed by atoms with Gasteiger partial charge in [-0.15, -0.1) is 0 Å². The zero-order valence-electron chi connectivity index (χ0n) is 13.4. The number of piperidine rings is 1.